The van der Waals surface area contributed by atoms with Crippen molar-refractivity contribution in [1.29, 1.82) is 0 Å². The summed E-state index contributed by atoms with van der Waals surface area (Å²) in [6, 6.07) is 13.4. The highest BCUT2D eigenvalue weighted by Gasteiger charge is 2.18. The topological polar surface area (TPSA) is 69.7 Å². The Hall–Kier alpha value is -3.15. The molecular weight excluding hydrogens is 354 g/mol. The zero-order valence-electron chi connectivity index (χ0n) is 17.0. The summed E-state index contributed by atoms with van der Waals surface area (Å²) < 4.78 is 13.0. The molecule has 1 heterocycles. The molecule has 0 aliphatic carbocycles. The number of anilines is 1. The quantitative estimate of drug-likeness (QED) is 0.692. The van der Waals surface area contributed by atoms with E-state index in [1.165, 1.54) is 0 Å². The lowest BCUT2D eigenvalue weighted by Gasteiger charge is -2.20. The summed E-state index contributed by atoms with van der Waals surface area (Å²) >= 11 is 0. The van der Waals surface area contributed by atoms with Gasteiger partial charge in [0, 0.05) is 36.7 Å². The summed E-state index contributed by atoms with van der Waals surface area (Å²) in [7, 11) is 3.37. The first kappa shape index (κ1) is 19.6. The van der Waals surface area contributed by atoms with Crippen LogP contribution in [0, 0.1) is 0 Å². The van der Waals surface area contributed by atoms with Crippen molar-refractivity contribution in [2.45, 2.75) is 33.4 Å². The van der Waals surface area contributed by atoms with Gasteiger partial charge in [-0.1, -0.05) is 0 Å². The first-order chi connectivity index (χ1) is 13.4. The molecule has 3 aromatic rings. The van der Waals surface area contributed by atoms with Gasteiger partial charge in [-0.15, -0.1) is 0 Å². The number of fused-ring (bicyclic) bond motifs is 1. The van der Waals surface area contributed by atoms with E-state index < -0.39 is 0 Å². The number of carbonyl (C=O) groups excluding carboxylic acids is 1. The molecular formula is C22H27N3O3. The predicted molar refractivity (Wildman–Crippen MR) is 113 cm³/mol. The Labute approximate surface area is 165 Å². The number of nitrogen functional groups attached to an aromatic ring is 1. The van der Waals surface area contributed by atoms with E-state index in [9.17, 15) is 4.79 Å². The van der Waals surface area contributed by atoms with Gasteiger partial charge in [0.15, 0.2) is 0 Å². The number of benzene rings is 2. The largest absolute Gasteiger partial charge is 0.497 e. The van der Waals surface area contributed by atoms with Crippen LogP contribution in [0.25, 0.3) is 22.2 Å². The summed E-state index contributed by atoms with van der Waals surface area (Å²) in [6.45, 7) is 6.73. The van der Waals surface area contributed by atoms with Crippen molar-refractivity contribution in [1.82, 2.24) is 9.47 Å². The average Bonchev–Trinajstić information content (AvgIpc) is 2.98. The third-order valence-electron chi connectivity index (χ3n) is 5.02. The number of rotatable bonds is 5. The Morgan fingerprint density at radius 1 is 1.14 bits per heavy atom. The van der Waals surface area contributed by atoms with E-state index in [1.807, 2.05) is 44.2 Å². The van der Waals surface area contributed by atoms with Crippen LogP contribution in [-0.4, -0.2) is 35.8 Å². The van der Waals surface area contributed by atoms with Crippen molar-refractivity contribution in [3.63, 3.8) is 0 Å². The lowest BCUT2D eigenvalue weighted by Crippen LogP contribution is -2.35. The molecule has 2 aromatic carbocycles. The minimum Gasteiger partial charge on any atom is -0.497 e. The average molecular weight is 381 g/mol. The van der Waals surface area contributed by atoms with Crippen LogP contribution in [0.3, 0.4) is 0 Å². The summed E-state index contributed by atoms with van der Waals surface area (Å²) in [5, 5.41) is 0.992. The third kappa shape index (κ3) is 3.50. The molecule has 1 aromatic heterocycles. The van der Waals surface area contributed by atoms with Gasteiger partial charge in [0.1, 0.15) is 11.5 Å². The van der Waals surface area contributed by atoms with E-state index in [-0.39, 0.29) is 12.1 Å². The number of amides is 1. The van der Waals surface area contributed by atoms with E-state index in [0.29, 0.717) is 5.75 Å². The molecule has 0 bridgehead atoms. The first-order valence-electron chi connectivity index (χ1n) is 9.38. The number of nitrogens with zero attached hydrogens (tertiary/aromatic N) is 2. The molecule has 28 heavy (non-hydrogen) atoms. The van der Waals surface area contributed by atoms with Gasteiger partial charge < -0.3 is 24.7 Å². The van der Waals surface area contributed by atoms with Gasteiger partial charge >= 0.3 is 6.09 Å². The van der Waals surface area contributed by atoms with Gasteiger partial charge in [0.25, 0.3) is 0 Å². The zero-order valence-corrected chi connectivity index (χ0v) is 17.0. The van der Waals surface area contributed by atoms with Crippen molar-refractivity contribution in [2.75, 3.05) is 19.9 Å². The van der Waals surface area contributed by atoms with Crippen molar-refractivity contribution in [3.05, 3.63) is 42.5 Å². The second kappa shape index (κ2) is 7.84. The van der Waals surface area contributed by atoms with E-state index >= 15 is 0 Å². The molecule has 0 fully saturated rings. The number of nitrogens with two attached hydrogens (primary N) is 1. The van der Waals surface area contributed by atoms with Gasteiger partial charge in [0.2, 0.25) is 0 Å². The summed E-state index contributed by atoms with van der Waals surface area (Å²) in [5.74, 6) is 1.29. The van der Waals surface area contributed by atoms with Crippen molar-refractivity contribution < 1.29 is 14.3 Å². The van der Waals surface area contributed by atoms with Crippen LogP contribution < -0.4 is 15.2 Å². The van der Waals surface area contributed by atoms with Gasteiger partial charge in [-0.05, 0) is 57.2 Å². The minimum absolute atomic E-state index is 0.0730. The molecule has 6 heteroatoms. The van der Waals surface area contributed by atoms with Crippen LogP contribution in [-0.2, 0) is 6.54 Å². The highest BCUT2D eigenvalue weighted by molar-refractivity contribution is 6.01. The summed E-state index contributed by atoms with van der Waals surface area (Å²) in [6.07, 6.45) is -0.378. The molecule has 2 N–H and O–H groups in total. The van der Waals surface area contributed by atoms with Crippen LogP contribution in [0.4, 0.5) is 10.5 Å². The molecule has 3 rings (SSSR count). The predicted octanol–water partition coefficient (Wildman–Crippen LogP) is 4.76. The first-order valence-corrected chi connectivity index (χ1v) is 9.38. The van der Waals surface area contributed by atoms with Crippen molar-refractivity contribution in [2.24, 2.45) is 0 Å². The van der Waals surface area contributed by atoms with Gasteiger partial charge in [-0.25, -0.2) is 4.79 Å². The molecule has 0 atom stereocenters. The van der Waals surface area contributed by atoms with E-state index in [2.05, 4.69) is 11.5 Å². The highest BCUT2D eigenvalue weighted by Crippen LogP contribution is 2.38. The normalized spacial score (nSPS) is 11.1. The van der Waals surface area contributed by atoms with Crippen LogP contribution in [0.15, 0.2) is 42.5 Å². The standard InChI is InChI=1S/C22H27N3O3/c1-6-25-19-13-17(27-5)11-12-18(19)20(23)21(25)15-7-9-16(10-8-15)28-22(26)24(4)14(2)3/h7-14H,6,23H2,1-5H3. The van der Waals surface area contributed by atoms with Crippen molar-refractivity contribution >= 4 is 22.7 Å². The SMILES string of the molecule is CCn1c(-c2ccc(OC(=O)N(C)C(C)C)cc2)c(N)c2ccc(OC)cc21. The van der Waals surface area contributed by atoms with E-state index in [0.717, 1.165) is 40.1 Å². The van der Waals surface area contributed by atoms with Gasteiger partial charge in [-0.3, -0.25) is 0 Å². The fourth-order valence-corrected chi connectivity index (χ4v) is 3.19. The number of carbonyl (C=O) groups is 1. The highest BCUT2D eigenvalue weighted by atomic mass is 16.6. The molecule has 0 unspecified atom stereocenters. The number of ether oxygens (including phenoxy) is 2. The number of aryl methyl sites for hydroxylation is 1. The maximum absolute atomic E-state index is 12.1. The number of hydrogen-bond acceptors (Lipinski definition) is 4. The maximum atomic E-state index is 12.1. The monoisotopic (exact) mass is 381 g/mol. The lowest BCUT2D eigenvalue weighted by molar-refractivity contribution is 0.152. The van der Waals surface area contributed by atoms with Gasteiger partial charge in [-0.2, -0.15) is 0 Å². The molecule has 0 aliphatic rings. The third-order valence-corrected chi connectivity index (χ3v) is 5.02. The number of methoxy groups -OCH3 is 1. The second-order valence-electron chi connectivity index (χ2n) is 6.99. The Morgan fingerprint density at radius 3 is 2.36 bits per heavy atom. The van der Waals surface area contributed by atoms with Crippen molar-refractivity contribution in [3.8, 4) is 22.8 Å². The molecule has 0 radical (unpaired) electrons. The Balaban J connectivity index is 1.97. The summed E-state index contributed by atoms with van der Waals surface area (Å²) in [5.41, 5.74) is 10.1. The van der Waals surface area contributed by atoms with Crippen LogP contribution >= 0.6 is 0 Å². The lowest BCUT2D eigenvalue weighted by atomic mass is 10.1. The van der Waals surface area contributed by atoms with E-state index in [1.54, 1.807) is 31.2 Å². The minimum atomic E-state index is -0.378. The molecule has 148 valence electrons. The number of aromatic nitrogens is 1. The Bertz CT molecular complexity index is 990. The smallest absolute Gasteiger partial charge is 0.415 e. The van der Waals surface area contributed by atoms with Crippen LogP contribution in [0.2, 0.25) is 0 Å². The molecule has 0 spiro atoms. The summed E-state index contributed by atoms with van der Waals surface area (Å²) in [4.78, 5) is 13.7. The zero-order chi connectivity index (χ0) is 20.4. The fourth-order valence-electron chi connectivity index (χ4n) is 3.19. The van der Waals surface area contributed by atoms with Crippen LogP contribution in [0.5, 0.6) is 11.5 Å². The second-order valence-corrected chi connectivity index (χ2v) is 6.99. The molecule has 1 amide bonds. The molecule has 0 saturated carbocycles. The Morgan fingerprint density at radius 2 is 1.79 bits per heavy atom. The Kier molecular flexibility index (Phi) is 5.49. The fraction of sp³-hybridized carbons (Fsp3) is 0.318. The molecule has 0 saturated heterocycles. The van der Waals surface area contributed by atoms with E-state index in [4.69, 9.17) is 15.2 Å². The molecule has 0 aliphatic heterocycles. The molecule has 6 nitrogen and oxygen atoms in total. The number of hydrogen-bond donors (Lipinski definition) is 1. The van der Waals surface area contributed by atoms with Crippen LogP contribution in [0.1, 0.15) is 20.8 Å². The maximum Gasteiger partial charge on any atom is 0.415 e. The van der Waals surface area contributed by atoms with Gasteiger partial charge in [0.05, 0.1) is 24.0 Å².